The van der Waals surface area contributed by atoms with Gasteiger partial charge in [0.1, 0.15) is 0 Å². The van der Waals surface area contributed by atoms with Gasteiger partial charge in [0, 0.05) is 6.42 Å². The first-order valence-corrected chi connectivity index (χ1v) is 3.29. The van der Waals surface area contributed by atoms with Gasteiger partial charge < -0.3 is 25.5 Å². The number of aliphatic hydroxyl groups is 5. The molecule has 0 aliphatic heterocycles. The zero-order valence-corrected chi connectivity index (χ0v) is 6.52. The van der Waals surface area contributed by atoms with Gasteiger partial charge in [-0.25, -0.2) is 0 Å². The Bertz CT molecular complexity index is 125. The average molecular weight is 166 g/mol. The molecule has 5 nitrogen and oxygen atoms in total. The highest BCUT2D eigenvalue weighted by atomic mass is 16.6. The Labute approximate surface area is 64.5 Å². The van der Waals surface area contributed by atoms with E-state index in [0.717, 1.165) is 6.92 Å². The summed E-state index contributed by atoms with van der Waals surface area (Å²) in [5.74, 6) is -4.96. The molecule has 0 aromatic heterocycles. The van der Waals surface area contributed by atoms with Crippen LogP contribution in [0.15, 0.2) is 0 Å². The molecule has 0 amide bonds. The zero-order chi connectivity index (χ0) is 9.28. The number of hydrogen-bond acceptors (Lipinski definition) is 5. The van der Waals surface area contributed by atoms with E-state index in [9.17, 15) is 0 Å². The SMILES string of the molecule is CCC(O)(O)C(O)C(C)(O)O. The van der Waals surface area contributed by atoms with Crippen molar-refractivity contribution in [1.29, 1.82) is 0 Å². The lowest BCUT2D eigenvalue weighted by Gasteiger charge is -2.32. The van der Waals surface area contributed by atoms with Crippen molar-refractivity contribution in [2.45, 2.75) is 37.9 Å². The Hall–Kier alpha value is -0.200. The highest BCUT2D eigenvalue weighted by Gasteiger charge is 2.42. The van der Waals surface area contributed by atoms with Gasteiger partial charge in [-0.05, 0) is 6.92 Å². The summed E-state index contributed by atoms with van der Waals surface area (Å²) in [6, 6.07) is 0. The first-order chi connectivity index (χ1) is 4.72. The second-order valence-corrected chi connectivity index (χ2v) is 2.73. The van der Waals surface area contributed by atoms with Crippen LogP contribution >= 0.6 is 0 Å². The van der Waals surface area contributed by atoms with Crippen LogP contribution in [-0.2, 0) is 0 Å². The average Bonchev–Trinajstić information content (AvgIpc) is 1.84. The number of aliphatic hydroxyl groups excluding tert-OH is 1. The van der Waals surface area contributed by atoms with Gasteiger partial charge in [-0.15, -0.1) is 0 Å². The smallest absolute Gasteiger partial charge is 0.194 e. The predicted octanol–water partition coefficient (Wildman–Crippen LogP) is -1.86. The van der Waals surface area contributed by atoms with Crippen LogP contribution < -0.4 is 0 Å². The van der Waals surface area contributed by atoms with E-state index < -0.39 is 17.7 Å². The molecule has 5 heteroatoms. The molecule has 0 heterocycles. The minimum absolute atomic E-state index is 0.190. The summed E-state index contributed by atoms with van der Waals surface area (Å²) in [5.41, 5.74) is 0. The van der Waals surface area contributed by atoms with Crippen LogP contribution in [0.5, 0.6) is 0 Å². The van der Waals surface area contributed by atoms with Crippen LogP contribution in [0.25, 0.3) is 0 Å². The molecule has 0 rings (SSSR count). The topological polar surface area (TPSA) is 101 Å². The van der Waals surface area contributed by atoms with Gasteiger partial charge in [0.05, 0.1) is 0 Å². The van der Waals surface area contributed by atoms with Gasteiger partial charge in [-0.1, -0.05) is 6.92 Å². The van der Waals surface area contributed by atoms with Crippen molar-refractivity contribution in [2.24, 2.45) is 0 Å². The van der Waals surface area contributed by atoms with Crippen molar-refractivity contribution in [2.75, 3.05) is 0 Å². The first-order valence-electron chi connectivity index (χ1n) is 3.29. The summed E-state index contributed by atoms with van der Waals surface area (Å²) >= 11 is 0. The molecule has 0 bridgehead atoms. The number of rotatable bonds is 3. The van der Waals surface area contributed by atoms with Crippen molar-refractivity contribution in [3.8, 4) is 0 Å². The molecule has 0 aromatic rings. The van der Waals surface area contributed by atoms with Crippen LogP contribution in [-0.4, -0.2) is 43.2 Å². The van der Waals surface area contributed by atoms with E-state index in [-0.39, 0.29) is 6.42 Å². The Kier molecular flexibility index (Phi) is 2.98. The molecule has 0 spiro atoms. The second kappa shape index (κ2) is 3.04. The van der Waals surface area contributed by atoms with E-state index in [2.05, 4.69) is 0 Å². The minimum atomic E-state index is -2.50. The maximum Gasteiger partial charge on any atom is 0.194 e. The molecular weight excluding hydrogens is 152 g/mol. The monoisotopic (exact) mass is 166 g/mol. The Morgan fingerprint density at radius 3 is 1.64 bits per heavy atom. The molecule has 0 fully saturated rings. The van der Waals surface area contributed by atoms with E-state index in [1.54, 1.807) is 0 Å². The van der Waals surface area contributed by atoms with Crippen LogP contribution in [0.3, 0.4) is 0 Å². The molecule has 0 aliphatic rings. The second-order valence-electron chi connectivity index (χ2n) is 2.73. The van der Waals surface area contributed by atoms with Gasteiger partial charge in [-0.2, -0.15) is 0 Å². The Morgan fingerprint density at radius 1 is 1.18 bits per heavy atom. The van der Waals surface area contributed by atoms with Crippen LogP contribution in [0.4, 0.5) is 0 Å². The molecule has 68 valence electrons. The van der Waals surface area contributed by atoms with E-state index in [1.807, 2.05) is 0 Å². The highest BCUT2D eigenvalue weighted by molar-refractivity contribution is 4.82. The van der Waals surface area contributed by atoms with Crippen LogP contribution in [0, 0.1) is 0 Å². The van der Waals surface area contributed by atoms with Crippen LogP contribution in [0.1, 0.15) is 20.3 Å². The molecule has 0 saturated heterocycles. The summed E-state index contributed by atoms with van der Waals surface area (Å²) in [5, 5.41) is 44.2. The third-order valence-electron chi connectivity index (χ3n) is 1.48. The van der Waals surface area contributed by atoms with Gasteiger partial charge in [0.15, 0.2) is 17.7 Å². The third-order valence-corrected chi connectivity index (χ3v) is 1.48. The largest absolute Gasteiger partial charge is 0.382 e. The summed E-state index contributed by atoms with van der Waals surface area (Å²) in [4.78, 5) is 0. The maximum atomic E-state index is 8.91. The fourth-order valence-corrected chi connectivity index (χ4v) is 0.631. The third kappa shape index (κ3) is 2.72. The van der Waals surface area contributed by atoms with Crippen molar-refractivity contribution < 1.29 is 25.5 Å². The van der Waals surface area contributed by atoms with E-state index in [4.69, 9.17) is 25.5 Å². The van der Waals surface area contributed by atoms with E-state index in [0.29, 0.717) is 0 Å². The minimum Gasteiger partial charge on any atom is -0.382 e. The lowest BCUT2D eigenvalue weighted by atomic mass is 10.0. The van der Waals surface area contributed by atoms with Gasteiger partial charge >= 0.3 is 0 Å². The predicted molar refractivity (Wildman–Crippen MR) is 36.3 cm³/mol. The molecule has 0 aliphatic carbocycles. The first kappa shape index (κ1) is 10.8. The molecular formula is C6H14O5. The van der Waals surface area contributed by atoms with Crippen molar-refractivity contribution >= 4 is 0 Å². The van der Waals surface area contributed by atoms with Crippen molar-refractivity contribution in [3.05, 3.63) is 0 Å². The highest BCUT2D eigenvalue weighted by Crippen LogP contribution is 2.19. The summed E-state index contributed by atoms with van der Waals surface area (Å²) in [6.07, 6.45) is -2.19. The van der Waals surface area contributed by atoms with Gasteiger partial charge in [0.25, 0.3) is 0 Å². The molecule has 1 unspecified atom stereocenters. The van der Waals surface area contributed by atoms with Gasteiger partial charge in [-0.3, -0.25) is 0 Å². The summed E-state index contributed by atoms with van der Waals surface area (Å²) in [7, 11) is 0. The van der Waals surface area contributed by atoms with E-state index >= 15 is 0 Å². The quantitative estimate of drug-likeness (QED) is 0.316. The molecule has 5 N–H and O–H groups in total. The zero-order valence-electron chi connectivity index (χ0n) is 6.52. The molecule has 0 saturated carbocycles. The Morgan fingerprint density at radius 2 is 1.55 bits per heavy atom. The molecule has 11 heavy (non-hydrogen) atoms. The van der Waals surface area contributed by atoms with E-state index in [1.165, 1.54) is 6.92 Å². The molecule has 0 aromatic carbocycles. The lowest BCUT2D eigenvalue weighted by molar-refractivity contribution is -0.317. The fraction of sp³-hybridized carbons (Fsp3) is 1.00. The summed E-state index contributed by atoms with van der Waals surface area (Å²) < 4.78 is 0. The van der Waals surface area contributed by atoms with Crippen molar-refractivity contribution in [1.82, 2.24) is 0 Å². The Balaban J connectivity index is 4.35. The normalized spacial score (nSPS) is 16.6. The molecule has 0 radical (unpaired) electrons. The molecule has 1 atom stereocenters. The van der Waals surface area contributed by atoms with Gasteiger partial charge in [0.2, 0.25) is 0 Å². The summed E-state index contributed by atoms with van der Waals surface area (Å²) in [6.45, 7) is 2.27. The number of hydrogen-bond donors (Lipinski definition) is 5. The van der Waals surface area contributed by atoms with Crippen molar-refractivity contribution in [3.63, 3.8) is 0 Å². The lowest BCUT2D eigenvalue weighted by Crippen LogP contribution is -2.55. The standard InChI is InChI=1S/C6H14O5/c1-3-6(10,11)4(7)5(2,8)9/h4,7-11H,3H2,1-2H3. The fourth-order valence-electron chi connectivity index (χ4n) is 0.631. The van der Waals surface area contributed by atoms with Crippen LogP contribution in [0.2, 0.25) is 0 Å². The maximum absolute atomic E-state index is 8.91.